The quantitative estimate of drug-likeness (QED) is 0.773. The van der Waals surface area contributed by atoms with Crippen molar-refractivity contribution in [1.82, 2.24) is 4.90 Å². The van der Waals surface area contributed by atoms with Crippen LogP contribution >= 0.6 is 0 Å². The molecular formula is C20H26N2O5. The summed E-state index contributed by atoms with van der Waals surface area (Å²) in [5.74, 6) is -0.899. The van der Waals surface area contributed by atoms with Gasteiger partial charge in [0.25, 0.3) is 5.91 Å². The molecule has 2 aliphatic rings. The number of hydrogen-bond donors (Lipinski definition) is 1. The molecule has 27 heavy (non-hydrogen) atoms. The number of rotatable bonds is 6. The van der Waals surface area contributed by atoms with Gasteiger partial charge in [0.15, 0.2) is 6.10 Å². The van der Waals surface area contributed by atoms with Crippen LogP contribution in [0, 0.1) is 5.92 Å². The number of methoxy groups -OCH3 is 1. The van der Waals surface area contributed by atoms with Crippen molar-refractivity contribution in [3.8, 4) is 5.75 Å². The molecular weight excluding hydrogens is 348 g/mol. The van der Waals surface area contributed by atoms with Crippen LogP contribution in [0.1, 0.15) is 39.0 Å². The first-order valence-electron chi connectivity index (χ1n) is 9.43. The van der Waals surface area contributed by atoms with E-state index in [1.165, 1.54) is 14.0 Å². The van der Waals surface area contributed by atoms with E-state index in [1.807, 2.05) is 4.90 Å². The number of esters is 1. The largest absolute Gasteiger partial charge is 0.495 e. The van der Waals surface area contributed by atoms with Crippen LogP contribution in [-0.2, 0) is 19.1 Å². The minimum atomic E-state index is -0.960. The van der Waals surface area contributed by atoms with Gasteiger partial charge < -0.3 is 19.7 Å². The Morgan fingerprint density at radius 2 is 1.93 bits per heavy atom. The summed E-state index contributed by atoms with van der Waals surface area (Å²) in [4.78, 5) is 38.8. The van der Waals surface area contributed by atoms with E-state index >= 15 is 0 Å². The van der Waals surface area contributed by atoms with Gasteiger partial charge >= 0.3 is 5.97 Å². The summed E-state index contributed by atoms with van der Waals surface area (Å²) in [5.41, 5.74) is 0.511. The van der Waals surface area contributed by atoms with E-state index in [2.05, 4.69) is 5.32 Å². The van der Waals surface area contributed by atoms with Gasteiger partial charge in [-0.05, 0) is 31.9 Å². The number of carbonyl (C=O) groups is 3. The number of nitrogens with one attached hydrogen (secondary N) is 1. The smallest absolute Gasteiger partial charge is 0.312 e. The Labute approximate surface area is 159 Å². The van der Waals surface area contributed by atoms with Crippen molar-refractivity contribution in [3.05, 3.63) is 24.3 Å². The fourth-order valence-corrected chi connectivity index (χ4v) is 3.76. The van der Waals surface area contributed by atoms with E-state index < -0.39 is 23.9 Å². The number of carbonyl (C=O) groups excluding carboxylic acids is 3. The van der Waals surface area contributed by atoms with Crippen LogP contribution in [0.4, 0.5) is 5.69 Å². The molecule has 1 heterocycles. The monoisotopic (exact) mass is 374 g/mol. The molecule has 146 valence electrons. The predicted molar refractivity (Wildman–Crippen MR) is 99.3 cm³/mol. The molecule has 0 spiro atoms. The van der Waals surface area contributed by atoms with Gasteiger partial charge in [-0.1, -0.05) is 25.0 Å². The summed E-state index contributed by atoms with van der Waals surface area (Å²) in [5, 5.41) is 2.70. The van der Waals surface area contributed by atoms with Crippen molar-refractivity contribution in [2.45, 2.75) is 51.2 Å². The van der Waals surface area contributed by atoms with Crippen molar-refractivity contribution >= 4 is 23.5 Å². The van der Waals surface area contributed by atoms with Crippen LogP contribution in [0.2, 0.25) is 0 Å². The molecule has 1 aliphatic carbocycles. The number of likely N-dealkylation sites (tertiary alicyclic amines) is 1. The Morgan fingerprint density at radius 3 is 2.63 bits per heavy atom. The Morgan fingerprint density at radius 1 is 1.22 bits per heavy atom. The van der Waals surface area contributed by atoms with Gasteiger partial charge in [0, 0.05) is 19.0 Å². The molecule has 0 radical (unpaired) electrons. The lowest BCUT2D eigenvalue weighted by Gasteiger charge is -2.24. The molecule has 3 rings (SSSR count). The molecule has 0 unspecified atom stereocenters. The zero-order valence-corrected chi connectivity index (χ0v) is 15.8. The highest BCUT2D eigenvalue weighted by Gasteiger charge is 2.40. The number of benzene rings is 1. The van der Waals surface area contributed by atoms with E-state index in [-0.39, 0.29) is 18.4 Å². The third kappa shape index (κ3) is 4.40. The second-order valence-electron chi connectivity index (χ2n) is 7.15. The lowest BCUT2D eigenvalue weighted by Crippen LogP contribution is -2.36. The highest BCUT2D eigenvalue weighted by Crippen LogP contribution is 2.30. The van der Waals surface area contributed by atoms with Crippen molar-refractivity contribution in [2.24, 2.45) is 5.92 Å². The maximum Gasteiger partial charge on any atom is 0.312 e. The van der Waals surface area contributed by atoms with Crippen LogP contribution in [0.25, 0.3) is 0 Å². The van der Waals surface area contributed by atoms with Crippen LogP contribution in [0.5, 0.6) is 5.75 Å². The molecule has 2 amide bonds. The molecule has 7 nitrogen and oxygen atoms in total. The highest BCUT2D eigenvalue weighted by molar-refractivity contribution is 5.96. The molecule has 0 bridgehead atoms. The summed E-state index contributed by atoms with van der Waals surface area (Å²) in [6, 6.07) is 7.26. The predicted octanol–water partition coefficient (Wildman–Crippen LogP) is 2.36. The summed E-state index contributed by atoms with van der Waals surface area (Å²) >= 11 is 0. The van der Waals surface area contributed by atoms with Crippen molar-refractivity contribution in [1.29, 1.82) is 0 Å². The van der Waals surface area contributed by atoms with Crippen molar-refractivity contribution in [3.63, 3.8) is 0 Å². The number of ether oxygens (including phenoxy) is 2. The van der Waals surface area contributed by atoms with Crippen molar-refractivity contribution < 1.29 is 23.9 Å². The van der Waals surface area contributed by atoms with E-state index in [0.29, 0.717) is 18.0 Å². The van der Waals surface area contributed by atoms with E-state index in [1.54, 1.807) is 24.3 Å². The minimum absolute atomic E-state index is 0.00924. The summed E-state index contributed by atoms with van der Waals surface area (Å²) in [7, 11) is 1.52. The molecule has 1 aromatic carbocycles. The average molecular weight is 374 g/mol. The Balaban J connectivity index is 1.54. The fourth-order valence-electron chi connectivity index (χ4n) is 3.76. The lowest BCUT2D eigenvalue weighted by atomic mass is 10.1. The van der Waals surface area contributed by atoms with E-state index in [0.717, 1.165) is 25.7 Å². The molecule has 1 saturated carbocycles. The second-order valence-corrected chi connectivity index (χ2v) is 7.15. The molecule has 2 atom stereocenters. The topological polar surface area (TPSA) is 84.9 Å². The first-order valence-corrected chi connectivity index (χ1v) is 9.43. The minimum Gasteiger partial charge on any atom is -0.495 e. The SMILES string of the molecule is COc1ccccc1NC(=O)[C@@H](C)OC(=O)[C@H]1CC(=O)N(C2CCCC2)C1. The van der Waals surface area contributed by atoms with E-state index in [9.17, 15) is 14.4 Å². The van der Waals surface area contributed by atoms with Gasteiger partial charge in [-0.25, -0.2) is 0 Å². The molecule has 7 heteroatoms. The molecule has 1 aromatic rings. The number of anilines is 1. The number of amides is 2. The van der Waals surface area contributed by atoms with E-state index in [4.69, 9.17) is 9.47 Å². The standard InChI is InChI=1S/C20H26N2O5/c1-13(19(24)21-16-9-5-6-10-17(16)26-2)27-20(25)14-11-18(23)22(12-14)15-7-3-4-8-15/h5-6,9-10,13-15H,3-4,7-8,11-12H2,1-2H3,(H,21,24)/t13-,14+/m1/s1. The zero-order valence-electron chi connectivity index (χ0n) is 15.8. The number of para-hydroxylation sites is 2. The Kier molecular flexibility index (Phi) is 5.98. The highest BCUT2D eigenvalue weighted by atomic mass is 16.5. The molecule has 0 aromatic heterocycles. The van der Waals surface area contributed by atoms with Crippen LogP contribution in [0.15, 0.2) is 24.3 Å². The first kappa shape index (κ1) is 19.2. The van der Waals surface area contributed by atoms with Gasteiger partial charge in [0.2, 0.25) is 5.91 Å². The van der Waals surface area contributed by atoms with Gasteiger partial charge in [-0.15, -0.1) is 0 Å². The molecule has 2 fully saturated rings. The van der Waals surface area contributed by atoms with Crippen LogP contribution in [0.3, 0.4) is 0 Å². The van der Waals surface area contributed by atoms with Gasteiger partial charge in [-0.3, -0.25) is 14.4 Å². The summed E-state index contributed by atoms with van der Waals surface area (Å²) in [6.07, 6.45) is 3.47. The van der Waals surface area contributed by atoms with Gasteiger partial charge in [0.05, 0.1) is 18.7 Å². The third-order valence-corrected chi connectivity index (χ3v) is 5.28. The fraction of sp³-hybridized carbons (Fsp3) is 0.550. The maximum atomic E-state index is 12.4. The molecule has 1 aliphatic heterocycles. The maximum absolute atomic E-state index is 12.4. The van der Waals surface area contributed by atoms with Gasteiger partial charge in [0.1, 0.15) is 5.75 Å². The van der Waals surface area contributed by atoms with Crippen LogP contribution < -0.4 is 10.1 Å². The summed E-state index contributed by atoms with van der Waals surface area (Å²) < 4.78 is 10.5. The molecule has 1 N–H and O–H groups in total. The third-order valence-electron chi connectivity index (χ3n) is 5.28. The Hall–Kier alpha value is -2.57. The summed E-state index contributed by atoms with van der Waals surface area (Å²) in [6.45, 7) is 1.91. The Bertz CT molecular complexity index is 714. The van der Waals surface area contributed by atoms with Crippen molar-refractivity contribution in [2.75, 3.05) is 19.0 Å². The second kappa shape index (κ2) is 8.41. The normalized spacial score (nSPS) is 21.2. The first-order chi connectivity index (χ1) is 13.0. The molecule has 1 saturated heterocycles. The zero-order chi connectivity index (χ0) is 19.4. The lowest BCUT2D eigenvalue weighted by molar-refractivity contribution is -0.157. The average Bonchev–Trinajstić information content (AvgIpc) is 3.31. The number of nitrogens with zero attached hydrogens (tertiary/aromatic N) is 1. The number of hydrogen-bond acceptors (Lipinski definition) is 5. The van der Waals surface area contributed by atoms with Crippen LogP contribution in [-0.4, -0.2) is 48.5 Å². The van der Waals surface area contributed by atoms with Gasteiger partial charge in [-0.2, -0.15) is 0 Å².